The molecule has 0 aromatic heterocycles. The minimum absolute atomic E-state index is 0.127. The number of hydrogen-bond donors (Lipinski definition) is 3. The fraction of sp³-hybridized carbons (Fsp3) is 0.400. The number of aldehydes is 1. The van der Waals surface area contributed by atoms with Gasteiger partial charge in [0.25, 0.3) is 0 Å². The molecule has 26 heavy (non-hydrogen) atoms. The fourth-order valence-corrected chi connectivity index (χ4v) is 1.79. The van der Waals surface area contributed by atoms with Crippen LogP contribution in [-0.2, 0) is 9.59 Å². The number of anilines is 1. The minimum Gasteiger partial charge on any atom is -0.496 e. The number of carbonyl (C=O) groups excluding carboxylic acids is 2. The summed E-state index contributed by atoms with van der Waals surface area (Å²) in [5.74, 6) is -2.50. The van der Waals surface area contributed by atoms with Crippen LogP contribution in [0.1, 0.15) is 23.2 Å². The number of benzene rings is 1. The number of carboxylic acid groups (broad SMARTS) is 1. The molecular weight excluding hydrogens is 381 g/mol. The molecule has 7 nitrogen and oxygen atoms in total. The highest BCUT2D eigenvalue weighted by molar-refractivity contribution is 6.34. The molecule has 0 aliphatic heterocycles. The molecular formula is C15H18ClF3N2O5. The number of alkyl halides is 3. The Bertz CT molecular complexity index is 638. The summed E-state index contributed by atoms with van der Waals surface area (Å²) in [6.07, 6.45) is -3.29. The summed E-state index contributed by atoms with van der Waals surface area (Å²) >= 11 is 6.00. The molecule has 0 aliphatic rings. The third kappa shape index (κ3) is 8.67. The Morgan fingerprint density at radius 2 is 1.92 bits per heavy atom. The van der Waals surface area contributed by atoms with Crippen molar-refractivity contribution >= 4 is 35.5 Å². The van der Waals surface area contributed by atoms with Gasteiger partial charge in [-0.2, -0.15) is 13.2 Å². The van der Waals surface area contributed by atoms with Gasteiger partial charge in [-0.1, -0.05) is 11.6 Å². The lowest BCUT2D eigenvalue weighted by Gasteiger charge is -2.11. The number of aliphatic carboxylic acids is 1. The number of methoxy groups -OCH3 is 1. The number of ether oxygens (including phenoxy) is 1. The maximum atomic E-state index is 11.7. The molecule has 1 amide bonds. The number of nitrogens with one attached hydrogen (secondary N) is 2. The summed E-state index contributed by atoms with van der Waals surface area (Å²) in [6.45, 7) is 0.772. The highest BCUT2D eigenvalue weighted by Gasteiger charge is 2.38. The molecule has 0 spiro atoms. The van der Waals surface area contributed by atoms with Crippen molar-refractivity contribution < 1.29 is 37.4 Å². The Morgan fingerprint density at radius 1 is 1.35 bits per heavy atom. The average molecular weight is 399 g/mol. The van der Waals surface area contributed by atoms with E-state index in [1.807, 2.05) is 7.05 Å². The smallest absolute Gasteiger partial charge is 0.490 e. The molecule has 1 aromatic carbocycles. The van der Waals surface area contributed by atoms with Gasteiger partial charge < -0.3 is 20.5 Å². The average Bonchev–Trinajstić information content (AvgIpc) is 2.56. The van der Waals surface area contributed by atoms with Crippen molar-refractivity contribution in [3.05, 3.63) is 22.7 Å². The van der Waals surface area contributed by atoms with Gasteiger partial charge in [0.15, 0.2) is 6.29 Å². The molecule has 1 rings (SSSR count). The summed E-state index contributed by atoms with van der Waals surface area (Å²) < 4.78 is 36.8. The number of hydrogen-bond acceptors (Lipinski definition) is 5. The van der Waals surface area contributed by atoms with Crippen LogP contribution in [0.2, 0.25) is 5.02 Å². The monoisotopic (exact) mass is 398 g/mol. The molecule has 0 atom stereocenters. The SMILES string of the molecule is CNCCCC(=O)Nc1cc(OC)c(C=O)cc1Cl.O=C(O)C(F)(F)F. The zero-order chi connectivity index (χ0) is 20.3. The second kappa shape index (κ2) is 11.3. The van der Waals surface area contributed by atoms with Crippen LogP contribution in [0, 0.1) is 0 Å². The van der Waals surface area contributed by atoms with Gasteiger partial charge in [0, 0.05) is 12.5 Å². The van der Waals surface area contributed by atoms with Crippen molar-refractivity contribution in [1.82, 2.24) is 5.32 Å². The molecule has 0 fully saturated rings. The standard InChI is InChI=1S/C13H17ClN2O3.C2HF3O2/c1-15-5-3-4-13(18)16-11-7-12(19-2)9(8-17)6-10(11)14;3-2(4,5)1(6)7/h6-8,15H,3-5H2,1-2H3,(H,16,18);(H,6,7). The van der Waals surface area contributed by atoms with E-state index in [0.29, 0.717) is 34.7 Å². The van der Waals surface area contributed by atoms with Gasteiger partial charge >= 0.3 is 12.1 Å². The fourth-order valence-electron chi connectivity index (χ4n) is 1.57. The molecule has 0 radical (unpaired) electrons. The first-order chi connectivity index (χ1) is 12.1. The van der Waals surface area contributed by atoms with E-state index in [2.05, 4.69) is 10.6 Å². The predicted molar refractivity (Wildman–Crippen MR) is 88.9 cm³/mol. The van der Waals surface area contributed by atoms with Gasteiger partial charge in [0.1, 0.15) is 5.75 Å². The zero-order valence-electron chi connectivity index (χ0n) is 13.9. The second-order valence-electron chi connectivity index (χ2n) is 4.75. The summed E-state index contributed by atoms with van der Waals surface area (Å²) in [4.78, 5) is 31.4. The van der Waals surface area contributed by atoms with Crippen LogP contribution < -0.4 is 15.4 Å². The molecule has 3 N–H and O–H groups in total. The lowest BCUT2D eigenvalue weighted by molar-refractivity contribution is -0.192. The van der Waals surface area contributed by atoms with Crippen molar-refractivity contribution in [3.63, 3.8) is 0 Å². The molecule has 0 aliphatic carbocycles. The van der Waals surface area contributed by atoms with Crippen LogP contribution in [0.5, 0.6) is 5.75 Å². The lowest BCUT2D eigenvalue weighted by Crippen LogP contribution is -2.21. The van der Waals surface area contributed by atoms with E-state index in [0.717, 1.165) is 13.0 Å². The zero-order valence-corrected chi connectivity index (χ0v) is 14.7. The third-order valence-corrected chi connectivity index (χ3v) is 3.11. The van der Waals surface area contributed by atoms with Crippen molar-refractivity contribution in [1.29, 1.82) is 0 Å². The van der Waals surface area contributed by atoms with E-state index in [4.69, 9.17) is 26.2 Å². The Morgan fingerprint density at radius 3 is 2.35 bits per heavy atom. The Labute approximate surface area is 152 Å². The summed E-state index contributed by atoms with van der Waals surface area (Å²) in [5, 5.41) is 13.1. The maximum Gasteiger partial charge on any atom is 0.490 e. The molecule has 0 unspecified atom stereocenters. The first-order valence-corrected chi connectivity index (χ1v) is 7.51. The van der Waals surface area contributed by atoms with Crippen LogP contribution in [0.25, 0.3) is 0 Å². The third-order valence-electron chi connectivity index (χ3n) is 2.79. The Balaban J connectivity index is 0.000000758. The van der Waals surface area contributed by atoms with Gasteiger partial charge in [-0.3, -0.25) is 9.59 Å². The van der Waals surface area contributed by atoms with Crippen LogP contribution >= 0.6 is 11.6 Å². The van der Waals surface area contributed by atoms with Gasteiger partial charge in [0.05, 0.1) is 23.4 Å². The largest absolute Gasteiger partial charge is 0.496 e. The second-order valence-corrected chi connectivity index (χ2v) is 5.16. The number of amides is 1. The summed E-state index contributed by atoms with van der Waals surface area (Å²) in [7, 11) is 3.28. The van der Waals surface area contributed by atoms with Crippen molar-refractivity contribution in [3.8, 4) is 5.75 Å². The van der Waals surface area contributed by atoms with Gasteiger partial charge in [0.2, 0.25) is 5.91 Å². The highest BCUT2D eigenvalue weighted by Crippen LogP contribution is 2.30. The first-order valence-electron chi connectivity index (χ1n) is 7.14. The molecule has 0 saturated carbocycles. The quantitative estimate of drug-likeness (QED) is 0.482. The van der Waals surface area contributed by atoms with Crippen LogP contribution in [-0.4, -0.2) is 50.1 Å². The van der Waals surface area contributed by atoms with Crippen LogP contribution in [0.3, 0.4) is 0 Å². The lowest BCUT2D eigenvalue weighted by atomic mass is 10.2. The van der Waals surface area contributed by atoms with Gasteiger partial charge in [-0.15, -0.1) is 0 Å². The summed E-state index contributed by atoms with van der Waals surface area (Å²) in [5.41, 5.74) is 0.791. The van der Waals surface area contributed by atoms with E-state index in [-0.39, 0.29) is 5.91 Å². The van der Waals surface area contributed by atoms with Crippen molar-refractivity contribution in [2.24, 2.45) is 0 Å². The predicted octanol–water partition coefficient (Wildman–Crippen LogP) is 2.73. The van der Waals surface area contributed by atoms with Gasteiger partial charge in [-0.05, 0) is 26.1 Å². The van der Waals surface area contributed by atoms with Crippen LogP contribution in [0.4, 0.5) is 18.9 Å². The summed E-state index contributed by atoms with van der Waals surface area (Å²) in [6, 6.07) is 3.01. The van der Waals surface area contributed by atoms with E-state index in [9.17, 15) is 22.8 Å². The Hall–Kier alpha value is -2.33. The van der Waals surface area contributed by atoms with Crippen molar-refractivity contribution in [2.45, 2.75) is 19.0 Å². The normalized spacial score (nSPS) is 10.4. The molecule has 1 aromatic rings. The molecule has 146 valence electrons. The molecule has 0 bridgehead atoms. The van der Waals surface area contributed by atoms with E-state index >= 15 is 0 Å². The van der Waals surface area contributed by atoms with Gasteiger partial charge in [-0.25, -0.2) is 4.79 Å². The number of carbonyl (C=O) groups is 3. The molecule has 0 saturated heterocycles. The number of rotatable bonds is 7. The Kier molecular flexibility index (Phi) is 10.3. The number of halogens is 4. The molecule has 11 heteroatoms. The first kappa shape index (κ1) is 23.7. The van der Waals surface area contributed by atoms with Crippen LogP contribution in [0.15, 0.2) is 12.1 Å². The highest BCUT2D eigenvalue weighted by atomic mass is 35.5. The molecule has 0 heterocycles. The van der Waals surface area contributed by atoms with E-state index in [1.165, 1.54) is 13.2 Å². The van der Waals surface area contributed by atoms with E-state index < -0.39 is 12.1 Å². The maximum absolute atomic E-state index is 11.7. The van der Waals surface area contributed by atoms with Crippen molar-refractivity contribution in [2.75, 3.05) is 26.0 Å². The number of carboxylic acids is 1. The minimum atomic E-state index is -5.08. The topological polar surface area (TPSA) is 105 Å². The van der Waals surface area contributed by atoms with E-state index in [1.54, 1.807) is 6.07 Å².